The molecule has 0 aromatic carbocycles. The number of hydrogen-bond donors (Lipinski definition) is 2. The molecule has 0 radical (unpaired) electrons. The predicted molar refractivity (Wildman–Crippen MR) is 66.2 cm³/mol. The summed E-state index contributed by atoms with van der Waals surface area (Å²) in [6, 6.07) is -0.225. The Hall–Kier alpha value is -1.83. The Morgan fingerprint density at radius 2 is 2.44 bits per heavy atom. The van der Waals surface area contributed by atoms with E-state index in [1.54, 1.807) is 0 Å². The number of carbonyl (C=O) groups excluding carboxylic acids is 1. The maximum Gasteiger partial charge on any atom is 0.265 e. The van der Waals surface area contributed by atoms with Gasteiger partial charge in [-0.25, -0.2) is 4.98 Å². The number of aryl methyl sites for hydroxylation is 1. The monoisotopic (exact) mass is 266 g/mol. The van der Waals surface area contributed by atoms with Crippen LogP contribution in [0.4, 0.5) is 0 Å². The maximum atomic E-state index is 12.1. The van der Waals surface area contributed by atoms with E-state index in [1.165, 1.54) is 6.33 Å². The number of nitrogens with zero attached hydrogens (tertiary/aromatic N) is 4. The minimum absolute atomic E-state index is 0.169. The second kappa shape index (κ2) is 5.67. The number of aromatic nitrogens is 5. The molecule has 2 rings (SSSR count). The number of carbonyl (C=O) groups is 1. The first-order chi connectivity index (χ1) is 8.72. The molecule has 0 aliphatic heterocycles. The van der Waals surface area contributed by atoms with E-state index in [1.807, 2.05) is 13.8 Å². The van der Waals surface area contributed by atoms with E-state index < -0.39 is 0 Å². The summed E-state index contributed by atoms with van der Waals surface area (Å²) < 4.78 is 3.83. The molecule has 1 unspecified atom stereocenters. The summed E-state index contributed by atoms with van der Waals surface area (Å²) in [7, 11) is 0. The SMILES string of the molecule is CCCc1nnsc1C(=O)NC(C)c1ncn[nH]1. The van der Waals surface area contributed by atoms with Crippen molar-refractivity contribution in [3.8, 4) is 0 Å². The van der Waals surface area contributed by atoms with Gasteiger partial charge in [0.05, 0.1) is 11.7 Å². The van der Waals surface area contributed by atoms with Crippen LogP contribution in [0.1, 0.15) is 47.5 Å². The Labute approximate surface area is 108 Å². The fraction of sp³-hybridized carbons (Fsp3) is 0.500. The smallest absolute Gasteiger partial charge is 0.265 e. The molecule has 2 heterocycles. The highest BCUT2D eigenvalue weighted by Gasteiger charge is 2.19. The molecule has 96 valence electrons. The standard InChI is InChI=1S/C10H14N6OS/c1-3-4-7-8(18-16-14-7)10(17)13-6(2)9-11-5-12-15-9/h5-6H,3-4H2,1-2H3,(H,13,17)(H,11,12,15). The molecule has 8 heteroatoms. The summed E-state index contributed by atoms with van der Waals surface area (Å²) >= 11 is 1.12. The molecule has 18 heavy (non-hydrogen) atoms. The summed E-state index contributed by atoms with van der Waals surface area (Å²) in [5, 5.41) is 13.3. The minimum atomic E-state index is -0.225. The molecule has 7 nitrogen and oxygen atoms in total. The molecule has 2 aromatic rings. The van der Waals surface area contributed by atoms with Crippen LogP contribution in [0.3, 0.4) is 0 Å². The zero-order valence-corrected chi connectivity index (χ0v) is 11.0. The average Bonchev–Trinajstić information content (AvgIpc) is 3.00. The zero-order valence-electron chi connectivity index (χ0n) is 10.2. The topological polar surface area (TPSA) is 96.5 Å². The number of amides is 1. The molecule has 2 aromatic heterocycles. The van der Waals surface area contributed by atoms with Gasteiger partial charge in [-0.15, -0.1) is 5.10 Å². The van der Waals surface area contributed by atoms with Crippen molar-refractivity contribution in [2.75, 3.05) is 0 Å². The molecule has 0 bridgehead atoms. The van der Waals surface area contributed by atoms with Crippen molar-refractivity contribution < 1.29 is 4.79 Å². The van der Waals surface area contributed by atoms with E-state index >= 15 is 0 Å². The van der Waals surface area contributed by atoms with Crippen molar-refractivity contribution in [1.29, 1.82) is 0 Å². The lowest BCUT2D eigenvalue weighted by atomic mass is 10.2. The van der Waals surface area contributed by atoms with Crippen LogP contribution >= 0.6 is 11.5 Å². The summed E-state index contributed by atoms with van der Waals surface area (Å²) in [4.78, 5) is 16.6. The third kappa shape index (κ3) is 2.70. The van der Waals surface area contributed by atoms with Crippen LogP contribution in [0.15, 0.2) is 6.33 Å². The van der Waals surface area contributed by atoms with Crippen molar-refractivity contribution >= 4 is 17.4 Å². The summed E-state index contributed by atoms with van der Waals surface area (Å²) in [6.45, 7) is 3.88. The van der Waals surface area contributed by atoms with E-state index in [9.17, 15) is 4.79 Å². The second-order valence-corrected chi connectivity index (χ2v) is 4.62. The average molecular weight is 266 g/mol. The quantitative estimate of drug-likeness (QED) is 0.844. The van der Waals surface area contributed by atoms with Crippen molar-refractivity contribution in [1.82, 2.24) is 30.1 Å². The largest absolute Gasteiger partial charge is 0.342 e. The van der Waals surface area contributed by atoms with Gasteiger partial charge in [0.1, 0.15) is 17.0 Å². The molecule has 0 aliphatic rings. The van der Waals surface area contributed by atoms with Gasteiger partial charge in [0.2, 0.25) is 0 Å². The Morgan fingerprint density at radius 1 is 1.61 bits per heavy atom. The van der Waals surface area contributed by atoms with Crippen LogP contribution in [0.25, 0.3) is 0 Å². The number of rotatable bonds is 5. The number of aromatic amines is 1. The molecule has 2 N–H and O–H groups in total. The van der Waals surface area contributed by atoms with E-state index in [2.05, 4.69) is 30.1 Å². The molecule has 0 saturated carbocycles. The van der Waals surface area contributed by atoms with Gasteiger partial charge >= 0.3 is 0 Å². The Bertz CT molecular complexity index is 508. The lowest BCUT2D eigenvalue weighted by molar-refractivity contribution is 0.0941. The first-order valence-electron chi connectivity index (χ1n) is 5.69. The maximum absolute atomic E-state index is 12.1. The third-order valence-electron chi connectivity index (χ3n) is 2.44. The minimum Gasteiger partial charge on any atom is -0.342 e. The van der Waals surface area contributed by atoms with Crippen molar-refractivity contribution in [3.05, 3.63) is 22.7 Å². The van der Waals surface area contributed by atoms with Crippen LogP contribution < -0.4 is 5.32 Å². The Morgan fingerprint density at radius 3 is 3.11 bits per heavy atom. The van der Waals surface area contributed by atoms with E-state index in [-0.39, 0.29) is 11.9 Å². The molecular weight excluding hydrogens is 252 g/mol. The van der Waals surface area contributed by atoms with Crippen LogP contribution in [0.2, 0.25) is 0 Å². The highest BCUT2D eigenvalue weighted by Crippen LogP contribution is 2.14. The van der Waals surface area contributed by atoms with Crippen molar-refractivity contribution in [2.45, 2.75) is 32.7 Å². The van der Waals surface area contributed by atoms with Crippen LogP contribution in [0.5, 0.6) is 0 Å². The molecule has 1 amide bonds. The first kappa shape index (κ1) is 12.6. The first-order valence-corrected chi connectivity index (χ1v) is 6.47. The number of hydrogen-bond acceptors (Lipinski definition) is 6. The molecule has 0 aliphatic carbocycles. The van der Waals surface area contributed by atoms with Crippen molar-refractivity contribution in [3.63, 3.8) is 0 Å². The van der Waals surface area contributed by atoms with E-state index in [0.29, 0.717) is 10.7 Å². The predicted octanol–water partition coefficient (Wildman–Crippen LogP) is 1.10. The fourth-order valence-electron chi connectivity index (χ4n) is 1.54. The number of H-pyrrole nitrogens is 1. The van der Waals surface area contributed by atoms with Gasteiger partial charge in [-0.05, 0) is 24.9 Å². The van der Waals surface area contributed by atoms with Gasteiger partial charge in [0.15, 0.2) is 0 Å². The van der Waals surface area contributed by atoms with Gasteiger partial charge in [-0.3, -0.25) is 9.89 Å². The highest BCUT2D eigenvalue weighted by atomic mass is 32.1. The molecule has 0 fully saturated rings. The summed E-state index contributed by atoms with van der Waals surface area (Å²) in [6.07, 6.45) is 3.11. The van der Waals surface area contributed by atoms with Gasteiger partial charge in [-0.1, -0.05) is 17.8 Å². The highest BCUT2D eigenvalue weighted by molar-refractivity contribution is 7.08. The Kier molecular flexibility index (Phi) is 3.98. The van der Waals surface area contributed by atoms with Crippen LogP contribution in [-0.2, 0) is 6.42 Å². The lowest BCUT2D eigenvalue weighted by Gasteiger charge is -2.10. The normalized spacial score (nSPS) is 12.3. The molecule has 1 atom stereocenters. The molecular formula is C10H14N6OS. The van der Waals surface area contributed by atoms with E-state index in [4.69, 9.17) is 0 Å². The molecule has 0 spiro atoms. The van der Waals surface area contributed by atoms with Crippen LogP contribution in [-0.4, -0.2) is 30.7 Å². The summed E-state index contributed by atoms with van der Waals surface area (Å²) in [5.41, 5.74) is 0.754. The van der Waals surface area contributed by atoms with Gasteiger partial charge in [0.25, 0.3) is 5.91 Å². The fourth-order valence-corrected chi connectivity index (χ4v) is 2.15. The molecule has 0 saturated heterocycles. The van der Waals surface area contributed by atoms with Gasteiger partial charge in [0, 0.05) is 0 Å². The van der Waals surface area contributed by atoms with E-state index in [0.717, 1.165) is 30.1 Å². The second-order valence-electron chi connectivity index (χ2n) is 3.86. The summed E-state index contributed by atoms with van der Waals surface area (Å²) in [5.74, 6) is 0.454. The third-order valence-corrected chi connectivity index (χ3v) is 3.21. The van der Waals surface area contributed by atoms with Gasteiger partial charge < -0.3 is 5.32 Å². The Balaban J connectivity index is 2.05. The number of nitrogens with one attached hydrogen (secondary N) is 2. The zero-order chi connectivity index (χ0) is 13.0. The van der Waals surface area contributed by atoms with Crippen molar-refractivity contribution in [2.24, 2.45) is 0 Å². The van der Waals surface area contributed by atoms with Gasteiger partial charge in [-0.2, -0.15) is 5.10 Å². The van der Waals surface area contributed by atoms with Crippen LogP contribution in [0, 0.1) is 0 Å². The lowest BCUT2D eigenvalue weighted by Crippen LogP contribution is -2.27.